The van der Waals surface area contributed by atoms with Crippen molar-refractivity contribution in [3.63, 3.8) is 0 Å². The summed E-state index contributed by atoms with van der Waals surface area (Å²) in [6.45, 7) is 10.2. The fourth-order valence-corrected chi connectivity index (χ4v) is 2.32. The molecule has 0 fully saturated rings. The van der Waals surface area contributed by atoms with Crippen molar-refractivity contribution in [2.24, 2.45) is 0 Å². The van der Waals surface area contributed by atoms with E-state index in [1.165, 1.54) is 0 Å². The molecule has 4 nitrogen and oxygen atoms in total. The topological polar surface area (TPSA) is 58.6 Å². The minimum atomic E-state index is -1.12. The monoisotopic (exact) mass is 293 g/mol. The van der Waals surface area contributed by atoms with E-state index in [1.807, 2.05) is 65.0 Å². The zero-order valence-electron chi connectivity index (χ0n) is 13.6. The Hall–Kier alpha value is -1.39. The quantitative estimate of drug-likeness (QED) is 0.810. The summed E-state index contributed by atoms with van der Waals surface area (Å²) in [5.74, 6) is -0.875. The van der Waals surface area contributed by atoms with Crippen LogP contribution in [0.3, 0.4) is 0 Å². The van der Waals surface area contributed by atoms with Crippen LogP contribution in [0.2, 0.25) is 0 Å². The number of carboxylic acid groups (broad SMARTS) is 1. The van der Waals surface area contributed by atoms with Crippen LogP contribution in [-0.4, -0.2) is 29.3 Å². The maximum atomic E-state index is 12.0. The third-order valence-corrected chi connectivity index (χ3v) is 3.18. The van der Waals surface area contributed by atoms with Gasteiger partial charge >= 0.3 is 5.97 Å². The highest BCUT2D eigenvalue weighted by molar-refractivity contribution is 5.80. The first-order chi connectivity index (χ1) is 9.67. The molecule has 0 heterocycles. The van der Waals surface area contributed by atoms with E-state index in [1.54, 1.807) is 0 Å². The Morgan fingerprint density at radius 2 is 1.81 bits per heavy atom. The number of benzene rings is 1. The molecule has 0 aliphatic rings. The Bertz CT molecular complexity index is 451. The fourth-order valence-electron chi connectivity index (χ4n) is 2.32. The lowest BCUT2D eigenvalue weighted by Gasteiger charge is -2.34. The van der Waals surface area contributed by atoms with Crippen LogP contribution in [0.5, 0.6) is 0 Å². The summed E-state index contributed by atoms with van der Waals surface area (Å²) in [6, 6.07) is 9.35. The number of hydrogen-bond acceptors (Lipinski definition) is 3. The van der Waals surface area contributed by atoms with Crippen LogP contribution in [-0.2, 0) is 15.1 Å². The number of ether oxygens (including phenoxy) is 1. The molecule has 1 aromatic carbocycles. The molecule has 118 valence electrons. The van der Waals surface area contributed by atoms with Crippen molar-refractivity contribution in [2.45, 2.75) is 58.2 Å². The lowest BCUT2D eigenvalue weighted by Crippen LogP contribution is -2.53. The summed E-state index contributed by atoms with van der Waals surface area (Å²) in [6.07, 6.45) is 0.377. The Labute approximate surface area is 127 Å². The summed E-state index contributed by atoms with van der Waals surface area (Å²) in [5, 5.41) is 13.1. The summed E-state index contributed by atoms with van der Waals surface area (Å²) in [7, 11) is 0. The number of nitrogens with one attached hydrogen (secondary N) is 1. The standard InChI is InChI=1S/C17H27NO3/c1-13(2)18-17(15(19)20,11-12-21-16(3,4)5)14-9-7-6-8-10-14/h6-10,13,18H,11-12H2,1-5H3,(H,19,20). The van der Waals surface area contributed by atoms with Crippen molar-refractivity contribution < 1.29 is 14.6 Å². The van der Waals surface area contributed by atoms with Gasteiger partial charge in [-0.05, 0) is 40.2 Å². The zero-order valence-corrected chi connectivity index (χ0v) is 13.6. The lowest BCUT2D eigenvalue weighted by molar-refractivity contribution is -0.147. The number of aliphatic carboxylic acids is 1. The van der Waals surface area contributed by atoms with Crippen molar-refractivity contribution in [1.82, 2.24) is 5.32 Å². The highest BCUT2D eigenvalue weighted by Gasteiger charge is 2.40. The minimum Gasteiger partial charge on any atom is -0.480 e. The van der Waals surface area contributed by atoms with Gasteiger partial charge in [-0.25, -0.2) is 4.79 Å². The first-order valence-corrected chi connectivity index (χ1v) is 7.38. The van der Waals surface area contributed by atoms with Gasteiger partial charge in [-0.3, -0.25) is 5.32 Å². The molecule has 0 amide bonds. The summed E-state index contributed by atoms with van der Waals surface area (Å²) in [5.41, 5.74) is -0.650. The molecular weight excluding hydrogens is 266 g/mol. The molecule has 0 radical (unpaired) electrons. The van der Waals surface area contributed by atoms with Crippen LogP contribution in [0.15, 0.2) is 30.3 Å². The second-order valence-electron chi connectivity index (χ2n) is 6.59. The van der Waals surface area contributed by atoms with Gasteiger partial charge in [0.15, 0.2) is 0 Å². The van der Waals surface area contributed by atoms with Gasteiger partial charge in [0.05, 0.1) is 5.60 Å². The first kappa shape index (κ1) is 17.7. The summed E-state index contributed by atoms with van der Waals surface area (Å²) in [4.78, 5) is 12.0. The molecular formula is C17H27NO3. The molecule has 0 aliphatic carbocycles. The van der Waals surface area contributed by atoms with Crippen LogP contribution >= 0.6 is 0 Å². The van der Waals surface area contributed by atoms with Crippen molar-refractivity contribution >= 4 is 5.97 Å². The smallest absolute Gasteiger partial charge is 0.328 e. The van der Waals surface area contributed by atoms with Gasteiger partial charge in [0.25, 0.3) is 0 Å². The Balaban J connectivity index is 3.05. The van der Waals surface area contributed by atoms with Crippen molar-refractivity contribution in [1.29, 1.82) is 0 Å². The molecule has 1 unspecified atom stereocenters. The maximum absolute atomic E-state index is 12.0. The average molecular weight is 293 g/mol. The summed E-state index contributed by atoms with van der Waals surface area (Å²) < 4.78 is 5.73. The SMILES string of the molecule is CC(C)NC(CCOC(C)(C)C)(C(=O)O)c1ccccc1. The number of hydrogen-bond donors (Lipinski definition) is 2. The van der Waals surface area contributed by atoms with Gasteiger partial charge in [0.1, 0.15) is 5.54 Å². The highest BCUT2D eigenvalue weighted by Crippen LogP contribution is 2.27. The van der Waals surface area contributed by atoms with Gasteiger partial charge in [-0.15, -0.1) is 0 Å². The molecule has 21 heavy (non-hydrogen) atoms. The fraction of sp³-hybridized carbons (Fsp3) is 0.588. The normalized spacial score (nSPS) is 15.0. The summed E-state index contributed by atoms with van der Waals surface area (Å²) >= 11 is 0. The van der Waals surface area contributed by atoms with Gasteiger partial charge in [-0.2, -0.15) is 0 Å². The van der Waals surface area contributed by atoms with E-state index in [0.717, 1.165) is 5.56 Å². The molecule has 0 saturated carbocycles. The molecule has 1 rings (SSSR count). The lowest BCUT2D eigenvalue weighted by atomic mass is 9.86. The number of rotatable bonds is 7. The molecule has 0 aromatic heterocycles. The maximum Gasteiger partial charge on any atom is 0.328 e. The zero-order chi connectivity index (χ0) is 16.1. The van der Waals surface area contributed by atoms with E-state index >= 15 is 0 Å². The van der Waals surface area contributed by atoms with Gasteiger partial charge < -0.3 is 9.84 Å². The van der Waals surface area contributed by atoms with E-state index in [2.05, 4.69) is 5.32 Å². The molecule has 0 saturated heterocycles. The van der Waals surface area contributed by atoms with Crippen LogP contribution in [0.25, 0.3) is 0 Å². The van der Waals surface area contributed by atoms with Crippen LogP contribution in [0.1, 0.15) is 46.6 Å². The largest absolute Gasteiger partial charge is 0.480 e. The molecule has 4 heteroatoms. The predicted molar refractivity (Wildman–Crippen MR) is 84.3 cm³/mol. The minimum absolute atomic E-state index is 0.0518. The average Bonchev–Trinajstić information content (AvgIpc) is 2.36. The van der Waals surface area contributed by atoms with Crippen molar-refractivity contribution in [3.05, 3.63) is 35.9 Å². The van der Waals surface area contributed by atoms with Crippen LogP contribution < -0.4 is 5.32 Å². The van der Waals surface area contributed by atoms with E-state index in [0.29, 0.717) is 13.0 Å². The van der Waals surface area contributed by atoms with E-state index in [9.17, 15) is 9.90 Å². The molecule has 1 aromatic rings. The van der Waals surface area contributed by atoms with Gasteiger partial charge in [0.2, 0.25) is 0 Å². The molecule has 0 aliphatic heterocycles. The van der Waals surface area contributed by atoms with E-state index in [-0.39, 0.29) is 11.6 Å². The Kier molecular flexibility index (Phi) is 5.93. The second-order valence-corrected chi connectivity index (χ2v) is 6.59. The van der Waals surface area contributed by atoms with Crippen molar-refractivity contribution in [3.8, 4) is 0 Å². The van der Waals surface area contributed by atoms with Gasteiger partial charge in [0, 0.05) is 19.1 Å². The second kappa shape index (κ2) is 7.05. The number of carboxylic acids is 1. The van der Waals surface area contributed by atoms with Gasteiger partial charge in [-0.1, -0.05) is 30.3 Å². The van der Waals surface area contributed by atoms with Crippen LogP contribution in [0, 0.1) is 0 Å². The molecule has 1 atom stereocenters. The first-order valence-electron chi connectivity index (χ1n) is 7.38. The highest BCUT2D eigenvalue weighted by atomic mass is 16.5. The van der Waals surface area contributed by atoms with Crippen LogP contribution in [0.4, 0.5) is 0 Å². The third-order valence-electron chi connectivity index (χ3n) is 3.18. The Morgan fingerprint density at radius 3 is 2.24 bits per heavy atom. The molecule has 0 bridgehead atoms. The Morgan fingerprint density at radius 1 is 1.24 bits per heavy atom. The predicted octanol–water partition coefficient (Wildman–Crippen LogP) is 3.17. The van der Waals surface area contributed by atoms with Crippen molar-refractivity contribution in [2.75, 3.05) is 6.61 Å². The van der Waals surface area contributed by atoms with E-state index in [4.69, 9.17) is 4.74 Å². The molecule has 0 spiro atoms. The molecule has 2 N–H and O–H groups in total. The number of carbonyl (C=O) groups is 1. The third kappa shape index (κ3) is 5.14. The van der Waals surface area contributed by atoms with E-state index < -0.39 is 11.5 Å².